The van der Waals surface area contributed by atoms with Crippen molar-refractivity contribution in [3.05, 3.63) is 0 Å². The summed E-state index contributed by atoms with van der Waals surface area (Å²) >= 11 is 0. The van der Waals surface area contributed by atoms with Crippen LogP contribution in [0, 0.1) is 0 Å². The fraction of sp³-hybridized carbons (Fsp3) is 0. The third kappa shape index (κ3) is 495. The molecule has 0 radical (unpaired) electrons. The molecule has 0 aliphatic carbocycles. The molecule has 0 fully saturated rings. The summed E-state index contributed by atoms with van der Waals surface area (Å²) < 4.78 is 31.6. The van der Waals surface area contributed by atoms with E-state index in [2.05, 4.69) is 0 Å². The van der Waals surface area contributed by atoms with Crippen LogP contribution in [-0.2, 0) is 31.5 Å². The van der Waals surface area contributed by atoms with E-state index in [1.54, 1.807) is 0 Å². The summed E-state index contributed by atoms with van der Waals surface area (Å²) in [6.45, 7) is 0. The molecule has 0 rings (SSSR count). The fourth-order valence-corrected chi connectivity index (χ4v) is 0. The normalized spacial score (nSPS) is 8.29. The van der Waals surface area contributed by atoms with Crippen molar-refractivity contribution in [2.75, 3.05) is 0 Å². The van der Waals surface area contributed by atoms with Gasteiger partial charge in [0.05, 0.1) is 0 Å². The van der Waals surface area contributed by atoms with E-state index in [4.69, 9.17) is 17.5 Å². The Morgan fingerprint density at radius 1 is 1.14 bits per heavy atom. The monoisotopic (exact) mass is 310 g/mol. The third-order valence-corrected chi connectivity index (χ3v) is 0. The van der Waals surface area contributed by atoms with Gasteiger partial charge in [-0.2, -0.15) is 8.42 Å². The predicted molar refractivity (Wildman–Crippen MR) is 19.2 cm³/mol. The van der Waals surface area contributed by atoms with Crippen LogP contribution >= 0.6 is 0 Å². The van der Waals surface area contributed by atoms with E-state index < -0.39 is 10.4 Å². The van der Waals surface area contributed by atoms with Crippen LogP contribution in [0.15, 0.2) is 0 Å². The first-order chi connectivity index (χ1) is 2.00. The largest absolute Gasteiger partial charge is 0.394 e. The minimum atomic E-state index is -4.67. The van der Waals surface area contributed by atoms with Gasteiger partial charge >= 0.3 is 10.4 Å². The molecular formula is H5NO4PtS. The van der Waals surface area contributed by atoms with Gasteiger partial charge in [-0.05, 0) is 0 Å². The Bertz CT molecular complexity index is 94.9. The summed E-state index contributed by atoms with van der Waals surface area (Å²) in [6, 6.07) is 0. The number of hydrogen-bond acceptors (Lipinski definition) is 3. The van der Waals surface area contributed by atoms with Gasteiger partial charge in [-0.3, -0.25) is 9.11 Å². The SMILES string of the molecule is N.O=S(=O)(O)O.[Pt]. The standard InChI is InChI=1S/H3N.H2O4S.Pt/c;1-5(2,3)4;/h1H3;(H2,1,2,3,4);. The van der Waals surface area contributed by atoms with Crippen LogP contribution in [0.25, 0.3) is 0 Å². The number of rotatable bonds is 0. The quantitative estimate of drug-likeness (QED) is 0.523. The Morgan fingerprint density at radius 2 is 1.14 bits per heavy atom. The molecule has 0 aromatic rings. The minimum Gasteiger partial charge on any atom is -0.344 e. The Balaban J connectivity index is -0.0000000800. The maximum atomic E-state index is 8.74. The smallest absolute Gasteiger partial charge is 0.344 e. The summed E-state index contributed by atoms with van der Waals surface area (Å²) in [6.07, 6.45) is 0. The van der Waals surface area contributed by atoms with Gasteiger partial charge in [-0.15, -0.1) is 0 Å². The van der Waals surface area contributed by atoms with Gasteiger partial charge in [0.1, 0.15) is 0 Å². The molecule has 0 atom stereocenters. The van der Waals surface area contributed by atoms with E-state index in [1.807, 2.05) is 0 Å². The first kappa shape index (κ1) is 15.6. The Labute approximate surface area is 55.5 Å². The van der Waals surface area contributed by atoms with Crippen LogP contribution in [0.2, 0.25) is 0 Å². The molecule has 0 amide bonds. The van der Waals surface area contributed by atoms with Gasteiger partial charge in [-0.25, -0.2) is 0 Å². The maximum Gasteiger partial charge on any atom is 0.394 e. The van der Waals surface area contributed by atoms with Crippen LogP contribution in [0.1, 0.15) is 0 Å². The predicted octanol–water partition coefficient (Wildman–Crippen LogP) is -0.493. The van der Waals surface area contributed by atoms with Gasteiger partial charge in [-0.1, -0.05) is 0 Å². The average Bonchev–Trinajstić information content (AvgIpc) is 0.722. The van der Waals surface area contributed by atoms with Crippen LogP contribution in [-0.4, -0.2) is 17.5 Å². The van der Waals surface area contributed by atoms with E-state index in [9.17, 15) is 0 Å². The summed E-state index contributed by atoms with van der Waals surface area (Å²) in [5.41, 5.74) is 0. The zero-order valence-electron chi connectivity index (χ0n) is 3.14. The zero-order valence-corrected chi connectivity index (χ0v) is 6.23. The van der Waals surface area contributed by atoms with Crippen LogP contribution in [0.5, 0.6) is 0 Å². The van der Waals surface area contributed by atoms with E-state index in [-0.39, 0.29) is 27.2 Å². The molecule has 50 valence electrons. The molecule has 0 spiro atoms. The topological polar surface area (TPSA) is 110 Å². The molecule has 5 N–H and O–H groups in total. The van der Waals surface area contributed by atoms with E-state index in [1.165, 1.54) is 0 Å². The number of hydrogen-bond donors (Lipinski definition) is 3. The van der Waals surface area contributed by atoms with Gasteiger partial charge in [0.2, 0.25) is 0 Å². The van der Waals surface area contributed by atoms with E-state index in [0.29, 0.717) is 0 Å². The third-order valence-electron chi connectivity index (χ3n) is 0. The van der Waals surface area contributed by atoms with Crippen molar-refractivity contribution in [2.45, 2.75) is 0 Å². The van der Waals surface area contributed by atoms with Crippen molar-refractivity contribution < 1.29 is 38.6 Å². The van der Waals surface area contributed by atoms with Crippen LogP contribution in [0.4, 0.5) is 0 Å². The average molecular weight is 310 g/mol. The van der Waals surface area contributed by atoms with Crippen molar-refractivity contribution in [3.8, 4) is 0 Å². The summed E-state index contributed by atoms with van der Waals surface area (Å²) in [5.74, 6) is 0. The molecule has 0 unspecified atom stereocenters. The molecule has 0 bridgehead atoms. The molecule has 5 nitrogen and oxygen atoms in total. The Morgan fingerprint density at radius 3 is 1.14 bits per heavy atom. The molecule has 0 aromatic heterocycles. The van der Waals surface area contributed by atoms with Gasteiger partial charge < -0.3 is 6.15 Å². The summed E-state index contributed by atoms with van der Waals surface area (Å²) in [4.78, 5) is 0. The molecule has 0 heterocycles. The molecule has 0 aliphatic rings. The molecule has 0 saturated heterocycles. The van der Waals surface area contributed by atoms with E-state index in [0.717, 1.165) is 0 Å². The second-order valence-corrected chi connectivity index (χ2v) is 1.34. The summed E-state index contributed by atoms with van der Waals surface area (Å²) in [5, 5.41) is 0. The zero-order chi connectivity index (χ0) is 4.50. The van der Waals surface area contributed by atoms with Crippen molar-refractivity contribution >= 4 is 10.4 Å². The summed E-state index contributed by atoms with van der Waals surface area (Å²) in [7, 11) is -4.67. The minimum absolute atomic E-state index is 0. The molecule has 0 aliphatic heterocycles. The van der Waals surface area contributed by atoms with Crippen molar-refractivity contribution in [1.29, 1.82) is 0 Å². The second-order valence-electron chi connectivity index (χ2n) is 0.448. The van der Waals surface area contributed by atoms with Gasteiger partial charge in [0, 0.05) is 21.1 Å². The van der Waals surface area contributed by atoms with E-state index >= 15 is 0 Å². The molecular weight excluding hydrogens is 305 g/mol. The van der Waals surface area contributed by atoms with Crippen LogP contribution in [0.3, 0.4) is 0 Å². The Hall–Kier alpha value is 0.518. The van der Waals surface area contributed by atoms with Crippen LogP contribution < -0.4 is 6.15 Å². The maximum absolute atomic E-state index is 8.74. The van der Waals surface area contributed by atoms with Gasteiger partial charge in [0.15, 0.2) is 0 Å². The van der Waals surface area contributed by atoms with Crippen molar-refractivity contribution in [3.63, 3.8) is 0 Å². The van der Waals surface area contributed by atoms with Crippen molar-refractivity contribution in [2.24, 2.45) is 0 Å². The fourth-order valence-electron chi connectivity index (χ4n) is 0. The molecule has 7 heavy (non-hydrogen) atoms. The Kier molecular flexibility index (Phi) is 10.4. The first-order valence-corrected chi connectivity index (χ1v) is 2.10. The van der Waals surface area contributed by atoms with Crippen molar-refractivity contribution in [1.82, 2.24) is 6.15 Å². The van der Waals surface area contributed by atoms with Gasteiger partial charge in [0.25, 0.3) is 0 Å². The first-order valence-electron chi connectivity index (χ1n) is 0.698. The second kappa shape index (κ2) is 4.67. The molecule has 0 saturated carbocycles. The molecule has 7 heteroatoms. The molecule has 0 aromatic carbocycles.